The van der Waals surface area contributed by atoms with Crippen molar-refractivity contribution in [3.8, 4) is 44.8 Å². The molecule has 1 aliphatic heterocycles. The molecule has 0 N–H and O–H groups in total. The van der Waals surface area contributed by atoms with Crippen molar-refractivity contribution in [2.24, 2.45) is 0 Å². The third-order valence-corrected chi connectivity index (χ3v) is 18.9. The summed E-state index contributed by atoms with van der Waals surface area (Å²) in [5.41, 5.74) is 13.7. The molecule has 17 aromatic rings. The first-order valence-corrected chi connectivity index (χ1v) is 30.5. The van der Waals surface area contributed by atoms with Crippen LogP contribution in [0, 0.1) is 0 Å². The van der Waals surface area contributed by atoms with Crippen LogP contribution >= 0.6 is 0 Å². The van der Waals surface area contributed by atoms with E-state index in [1.165, 1.54) is 64.6 Å². The predicted molar refractivity (Wildman–Crippen MR) is 372 cm³/mol. The van der Waals surface area contributed by atoms with Gasteiger partial charge in [-0.3, -0.25) is 15.0 Å². The zero-order valence-corrected chi connectivity index (χ0v) is 49.5. The molecule has 1 fully saturated rings. The molecule has 0 spiro atoms. The van der Waals surface area contributed by atoms with Gasteiger partial charge in [0, 0.05) is 83.8 Å². The van der Waals surface area contributed by atoms with Crippen molar-refractivity contribution in [3.63, 3.8) is 0 Å². The molecular formula is C81H56BN5O2. The maximum atomic E-state index is 6.27. The number of nitrogens with zero attached hydrogens (tertiary/aromatic N) is 5. The molecule has 18 rings (SSSR count). The molecule has 1 aliphatic rings. The van der Waals surface area contributed by atoms with Crippen LogP contribution in [0.3, 0.4) is 0 Å². The van der Waals surface area contributed by atoms with E-state index in [9.17, 15) is 0 Å². The molecule has 0 unspecified atom stereocenters. The van der Waals surface area contributed by atoms with Crippen LogP contribution in [0.15, 0.2) is 267 Å². The Kier molecular flexibility index (Phi) is 12.1. The highest BCUT2D eigenvalue weighted by molar-refractivity contribution is 6.62. The molecule has 5 aromatic heterocycles. The van der Waals surface area contributed by atoms with E-state index >= 15 is 0 Å². The quantitative estimate of drug-likeness (QED) is 0.125. The highest BCUT2D eigenvalue weighted by Gasteiger charge is 2.51. The Balaban J connectivity index is 0.000000146. The second-order valence-electron chi connectivity index (χ2n) is 24.4. The van der Waals surface area contributed by atoms with Crippen LogP contribution in [0.2, 0.25) is 0 Å². The van der Waals surface area contributed by atoms with E-state index in [-0.39, 0.29) is 18.3 Å². The van der Waals surface area contributed by atoms with E-state index in [4.69, 9.17) is 29.2 Å². The smallest absolute Gasteiger partial charge is 0.399 e. The van der Waals surface area contributed by atoms with E-state index in [0.717, 1.165) is 105 Å². The first kappa shape index (κ1) is 52.6. The van der Waals surface area contributed by atoms with Gasteiger partial charge in [0.05, 0.1) is 50.2 Å². The van der Waals surface area contributed by atoms with Gasteiger partial charge in [-0.1, -0.05) is 224 Å². The van der Waals surface area contributed by atoms with Gasteiger partial charge in [0.2, 0.25) is 0 Å². The first-order chi connectivity index (χ1) is 43.7. The zero-order chi connectivity index (χ0) is 59.5. The Morgan fingerprint density at radius 1 is 0.281 bits per heavy atom. The topological polar surface area (TPSA) is 82.9 Å². The lowest BCUT2D eigenvalue weighted by Crippen LogP contribution is -2.41. The lowest BCUT2D eigenvalue weighted by Gasteiger charge is -2.32. The van der Waals surface area contributed by atoms with Gasteiger partial charge in [0.1, 0.15) is 0 Å². The molecule has 1 saturated heterocycles. The van der Waals surface area contributed by atoms with Gasteiger partial charge in [-0.2, -0.15) is 0 Å². The molecule has 0 aliphatic carbocycles. The van der Waals surface area contributed by atoms with Crippen LogP contribution in [0.25, 0.3) is 164 Å². The van der Waals surface area contributed by atoms with Crippen LogP contribution in [-0.4, -0.2) is 43.2 Å². The summed E-state index contributed by atoms with van der Waals surface area (Å²) in [6.07, 6.45) is 5.55. The van der Waals surface area contributed by atoms with Crippen LogP contribution in [-0.2, 0) is 9.31 Å². The molecule has 0 amide bonds. The van der Waals surface area contributed by atoms with Gasteiger partial charge >= 0.3 is 7.12 Å². The summed E-state index contributed by atoms with van der Waals surface area (Å²) in [4.78, 5) is 25.2. The maximum Gasteiger partial charge on any atom is 0.494 e. The van der Waals surface area contributed by atoms with Gasteiger partial charge in [0.15, 0.2) is 0 Å². The minimum absolute atomic E-state index is 0.365. The molecule has 0 atom stereocenters. The molecule has 0 saturated carbocycles. The number of pyridine rings is 5. The number of rotatable bonds is 5. The zero-order valence-electron chi connectivity index (χ0n) is 49.5. The summed E-state index contributed by atoms with van der Waals surface area (Å²) >= 11 is 0. The van der Waals surface area contributed by atoms with Crippen molar-refractivity contribution in [1.82, 2.24) is 24.9 Å². The van der Waals surface area contributed by atoms with Crippen LogP contribution in [0.5, 0.6) is 0 Å². The van der Waals surface area contributed by atoms with Gasteiger partial charge in [-0.15, -0.1) is 0 Å². The summed E-state index contributed by atoms with van der Waals surface area (Å²) < 4.78 is 12.5. The van der Waals surface area contributed by atoms with E-state index < -0.39 is 0 Å². The van der Waals surface area contributed by atoms with Crippen molar-refractivity contribution in [2.45, 2.75) is 38.9 Å². The fraction of sp³-hybridized carbons (Fsp3) is 0.0741. The van der Waals surface area contributed by atoms with E-state index in [0.29, 0.717) is 0 Å². The van der Waals surface area contributed by atoms with E-state index in [1.54, 1.807) is 0 Å². The molecule has 420 valence electrons. The Hall–Kier alpha value is -10.8. The van der Waals surface area contributed by atoms with E-state index in [2.05, 4.69) is 263 Å². The number of aromatic nitrogens is 5. The van der Waals surface area contributed by atoms with Crippen molar-refractivity contribution in [3.05, 3.63) is 267 Å². The lowest BCUT2D eigenvalue weighted by atomic mass is 9.78. The highest BCUT2D eigenvalue weighted by Crippen LogP contribution is 2.45. The van der Waals surface area contributed by atoms with Crippen LogP contribution in [0.4, 0.5) is 0 Å². The Morgan fingerprint density at radius 3 is 1.15 bits per heavy atom. The molecule has 0 radical (unpaired) electrons. The summed E-state index contributed by atoms with van der Waals surface area (Å²) in [7, 11) is -0.379. The average molecular weight is 1140 g/mol. The molecule has 7 nitrogen and oxygen atoms in total. The maximum absolute atomic E-state index is 6.27. The molecule has 89 heavy (non-hydrogen) atoms. The first-order valence-electron chi connectivity index (χ1n) is 30.5. The fourth-order valence-corrected chi connectivity index (χ4v) is 13.8. The Morgan fingerprint density at radius 2 is 0.640 bits per heavy atom. The summed E-state index contributed by atoms with van der Waals surface area (Å²) in [5.74, 6) is 0. The normalized spacial score (nSPS) is 13.9. The highest BCUT2D eigenvalue weighted by atomic mass is 16.7. The Labute approximate surface area is 514 Å². The summed E-state index contributed by atoms with van der Waals surface area (Å²) in [5, 5.41) is 20.2. The van der Waals surface area contributed by atoms with Crippen molar-refractivity contribution in [2.75, 3.05) is 0 Å². The molecular weight excluding hydrogens is 1090 g/mol. The van der Waals surface area contributed by atoms with E-state index in [1.807, 2.05) is 36.8 Å². The van der Waals surface area contributed by atoms with Gasteiger partial charge in [-0.25, -0.2) is 9.97 Å². The third-order valence-electron chi connectivity index (χ3n) is 18.9. The number of hydrogen-bond acceptors (Lipinski definition) is 7. The molecule has 0 bridgehead atoms. The van der Waals surface area contributed by atoms with Gasteiger partial charge < -0.3 is 9.31 Å². The standard InChI is InChI=1S/C48H28N4.C33H28BNO2/c1-3-13-36-33(11-1)34-12-2-5-15-39(34)47-43(36)37-14-4-6-16-40(37)44(52-47)30-21-19-29(20-22-30)32-23-24-35(38-17-8-26-50-46(32)38)42-28-31-10-7-25-49-45(31)48-41(42)18-9-27-51-48;1-32(2)33(3,4)37-34(36-32)22-19-17-21(18-20-22)30-28-16-10-8-14-26(28)29-25-13-7-5-11-23(25)24-12-6-9-15-27(24)31(29)35-30/h1-28H;5-20H,1-4H3. The average Bonchev–Trinajstić information content (AvgIpc) is 1.47. The largest absolute Gasteiger partial charge is 0.494 e. The second-order valence-corrected chi connectivity index (χ2v) is 24.4. The molecule has 12 aromatic carbocycles. The Bertz CT molecular complexity index is 5750. The van der Waals surface area contributed by atoms with Crippen molar-refractivity contribution < 1.29 is 9.31 Å². The minimum atomic E-state index is -0.379. The van der Waals surface area contributed by atoms with Crippen molar-refractivity contribution in [1.29, 1.82) is 0 Å². The monoisotopic (exact) mass is 1140 g/mol. The predicted octanol–water partition coefficient (Wildman–Crippen LogP) is 20.0. The van der Waals surface area contributed by atoms with Gasteiger partial charge in [0.25, 0.3) is 0 Å². The molecule has 8 heteroatoms. The number of hydrogen-bond donors (Lipinski definition) is 0. The third kappa shape index (κ3) is 8.39. The summed E-state index contributed by atoms with van der Waals surface area (Å²) in [6.45, 7) is 8.34. The van der Waals surface area contributed by atoms with Crippen LogP contribution < -0.4 is 5.46 Å². The number of benzene rings is 12. The number of fused-ring (bicyclic) bond motifs is 20. The van der Waals surface area contributed by atoms with Crippen LogP contribution in [0.1, 0.15) is 27.7 Å². The molecule has 6 heterocycles. The lowest BCUT2D eigenvalue weighted by molar-refractivity contribution is 0.00578. The van der Waals surface area contributed by atoms with Gasteiger partial charge in [-0.05, 0) is 117 Å². The summed E-state index contributed by atoms with van der Waals surface area (Å²) in [6, 6.07) is 88.3. The minimum Gasteiger partial charge on any atom is -0.399 e. The second kappa shape index (κ2) is 20.4. The SMILES string of the molecule is CC1(C)OB(c2ccc(-c3nc4c5ccccc5c5ccccc5c4c4ccccc34)cc2)OC1(C)C.c1cnc2c(c1)cc(-c1ccc(-c3ccc(-c4nc5c6ccccc6c6ccccc6c5c5ccccc45)cc3)c3ncccc13)c1cccnc12. The fourth-order valence-electron chi connectivity index (χ4n) is 13.8. The van der Waals surface area contributed by atoms with Crippen molar-refractivity contribution >= 4 is 132 Å².